The van der Waals surface area contributed by atoms with Crippen LogP contribution < -0.4 is 9.47 Å². The average molecular weight is 609 g/mol. The molecule has 0 aliphatic heterocycles. The molecule has 2 N–H and O–H groups in total. The van der Waals surface area contributed by atoms with Gasteiger partial charge in [-0.05, 0) is 70.5 Å². The maximum atomic E-state index is 11.0. The Hall–Kier alpha value is -3.96. The van der Waals surface area contributed by atoms with Gasteiger partial charge in [-0.2, -0.15) is 16.8 Å². The van der Waals surface area contributed by atoms with Crippen molar-refractivity contribution in [1.29, 1.82) is 0 Å². The van der Waals surface area contributed by atoms with Crippen molar-refractivity contribution in [2.45, 2.75) is 12.8 Å². The van der Waals surface area contributed by atoms with Crippen LogP contribution in [0.5, 0.6) is 11.5 Å². The van der Waals surface area contributed by atoms with E-state index in [1.54, 1.807) is 0 Å². The van der Waals surface area contributed by atoms with E-state index in [9.17, 15) is 16.8 Å². The summed E-state index contributed by atoms with van der Waals surface area (Å²) in [5.74, 6) is 0.443. The molecular formula is C32H32O8S2. The van der Waals surface area contributed by atoms with E-state index < -0.39 is 20.2 Å². The van der Waals surface area contributed by atoms with Crippen molar-refractivity contribution in [2.24, 2.45) is 0 Å². The molecule has 4 aromatic rings. The summed E-state index contributed by atoms with van der Waals surface area (Å²) in [6, 6.07) is 35.2. The summed E-state index contributed by atoms with van der Waals surface area (Å²) in [7, 11) is -8.06. The highest BCUT2D eigenvalue weighted by Crippen LogP contribution is 2.37. The van der Waals surface area contributed by atoms with Gasteiger partial charge in [-0.15, -0.1) is 0 Å². The van der Waals surface area contributed by atoms with Crippen LogP contribution in [0.4, 0.5) is 0 Å². The normalized spacial score (nSPS) is 12.4. The molecule has 42 heavy (non-hydrogen) atoms. The summed E-state index contributed by atoms with van der Waals surface area (Å²) >= 11 is 0. The van der Waals surface area contributed by atoms with E-state index in [4.69, 9.17) is 18.6 Å². The highest BCUT2D eigenvalue weighted by atomic mass is 32.2. The highest BCUT2D eigenvalue weighted by Gasteiger charge is 2.17. The van der Waals surface area contributed by atoms with E-state index in [-0.39, 0.29) is 37.6 Å². The van der Waals surface area contributed by atoms with E-state index in [1.807, 2.05) is 109 Å². The van der Waals surface area contributed by atoms with E-state index in [2.05, 4.69) is 0 Å². The summed E-state index contributed by atoms with van der Waals surface area (Å²) in [6.07, 6.45) is 0.350. The molecule has 220 valence electrons. The summed E-state index contributed by atoms with van der Waals surface area (Å²) in [5, 5.41) is 0. The molecule has 0 spiro atoms. The van der Waals surface area contributed by atoms with Gasteiger partial charge in [0.2, 0.25) is 0 Å². The zero-order valence-corrected chi connectivity index (χ0v) is 24.4. The molecule has 0 bridgehead atoms. The third-order valence-electron chi connectivity index (χ3n) is 6.29. The number of hydrogen-bond acceptors (Lipinski definition) is 6. The van der Waals surface area contributed by atoms with Crippen molar-refractivity contribution in [3.05, 3.63) is 131 Å². The summed E-state index contributed by atoms with van der Waals surface area (Å²) < 4.78 is 73.1. The van der Waals surface area contributed by atoms with Crippen molar-refractivity contribution >= 4 is 31.4 Å². The van der Waals surface area contributed by atoms with Crippen molar-refractivity contribution in [2.75, 3.05) is 24.7 Å². The van der Waals surface area contributed by atoms with Crippen molar-refractivity contribution in [3.63, 3.8) is 0 Å². The van der Waals surface area contributed by atoms with E-state index in [1.165, 1.54) is 0 Å². The fraction of sp³-hybridized carbons (Fsp3) is 0.188. The largest absolute Gasteiger partial charge is 0.494 e. The Labute approximate surface area is 246 Å². The van der Waals surface area contributed by atoms with Crippen molar-refractivity contribution < 1.29 is 35.4 Å². The second-order valence-electron chi connectivity index (χ2n) is 9.51. The Morgan fingerprint density at radius 3 is 1.10 bits per heavy atom. The monoisotopic (exact) mass is 608 g/mol. The number of ether oxygens (including phenoxy) is 2. The number of benzene rings is 4. The second-order valence-corrected chi connectivity index (χ2v) is 12.7. The first-order chi connectivity index (χ1) is 20.1. The molecule has 0 fully saturated rings. The lowest BCUT2D eigenvalue weighted by molar-refractivity contribution is 0.316. The maximum Gasteiger partial charge on any atom is 0.264 e. The van der Waals surface area contributed by atoms with Crippen LogP contribution >= 0.6 is 0 Å². The number of rotatable bonds is 14. The topological polar surface area (TPSA) is 127 Å². The van der Waals surface area contributed by atoms with E-state index in [0.717, 1.165) is 33.4 Å². The highest BCUT2D eigenvalue weighted by molar-refractivity contribution is 7.86. The SMILES string of the molecule is O=S(=O)(O)CCCOc1ccc(C(=C(c2ccccc2)c2ccc(OCCCS(=O)(=O)O)cc2)c2ccccc2)cc1. The average Bonchev–Trinajstić information content (AvgIpc) is 2.97. The van der Waals surface area contributed by atoms with Gasteiger partial charge in [-0.3, -0.25) is 9.11 Å². The van der Waals surface area contributed by atoms with Crippen LogP contribution in [0.25, 0.3) is 11.1 Å². The smallest absolute Gasteiger partial charge is 0.264 e. The van der Waals surface area contributed by atoms with Gasteiger partial charge >= 0.3 is 0 Å². The van der Waals surface area contributed by atoms with Crippen LogP contribution in [0.2, 0.25) is 0 Å². The standard InChI is InChI=1S/C32H32O8S2/c33-41(34,35)23-7-21-39-29-17-13-27(14-18-29)31(25-9-3-1-4-10-25)32(26-11-5-2-6-12-26)28-15-19-30(20-16-28)40-22-8-24-42(36,37)38/h1-6,9-20H,7-8,21-24H2,(H,33,34,35)(H,36,37,38). The second kappa shape index (κ2) is 14.3. The van der Waals surface area contributed by atoms with Gasteiger partial charge < -0.3 is 9.47 Å². The van der Waals surface area contributed by atoms with Gasteiger partial charge in [-0.1, -0.05) is 84.9 Å². The lowest BCUT2D eigenvalue weighted by atomic mass is 9.86. The third kappa shape index (κ3) is 9.56. The first-order valence-corrected chi connectivity index (χ1v) is 16.5. The van der Waals surface area contributed by atoms with Gasteiger partial charge in [0.1, 0.15) is 11.5 Å². The van der Waals surface area contributed by atoms with Crippen LogP contribution in [0.3, 0.4) is 0 Å². The molecule has 0 unspecified atom stereocenters. The number of hydrogen-bond donors (Lipinski definition) is 2. The Bertz CT molecular complexity index is 1550. The molecular weight excluding hydrogens is 576 g/mol. The Balaban J connectivity index is 1.69. The summed E-state index contributed by atoms with van der Waals surface area (Å²) in [6.45, 7) is 0.306. The summed E-state index contributed by atoms with van der Waals surface area (Å²) in [5.41, 5.74) is 5.86. The predicted molar refractivity (Wildman–Crippen MR) is 164 cm³/mol. The van der Waals surface area contributed by atoms with Gasteiger partial charge in [-0.25, -0.2) is 0 Å². The fourth-order valence-electron chi connectivity index (χ4n) is 4.42. The van der Waals surface area contributed by atoms with E-state index in [0.29, 0.717) is 11.5 Å². The molecule has 4 rings (SSSR count). The Morgan fingerprint density at radius 2 is 0.786 bits per heavy atom. The van der Waals surface area contributed by atoms with Gasteiger partial charge in [0, 0.05) is 0 Å². The molecule has 0 aliphatic carbocycles. The molecule has 0 saturated heterocycles. The minimum Gasteiger partial charge on any atom is -0.494 e. The van der Waals surface area contributed by atoms with Crippen LogP contribution in [0.15, 0.2) is 109 Å². The summed E-state index contributed by atoms with van der Waals surface area (Å²) in [4.78, 5) is 0. The molecule has 0 aromatic heterocycles. The van der Waals surface area contributed by atoms with Crippen LogP contribution in [-0.4, -0.2) is 50.7 Å². The quantitative estimate of drug-likeness (QED) is 0.101. The lowest BCUT2D eigenvalue weighted by Crippen LogP contribution is -2.08. The van der Waals surface area contributed by atoms with Crippen molar-refractivity contribution in [3.8, 4) is 11.5 Å². The van der Waals surface area contributed by atoms with Gasteiger partial charge in [0.05, 0.1) is 24.7 Å². The Kier molecular flexibility index (Phi) is 10.5. The molecule has 10 heteroatoms. The molecule has 0 aliphatic rings. The molecule has 0 amide bonds. The van der Waals surface area contributed by atoms with Crippen LogP contribution in [0.1, 0.15) is 35.1 Å². The van der Waals surface area contributed by atoms with E-state index >= 15 is 0 Å². The molecule has 0 atom stereocenters. The van der Waals surface area contributed by atoms with Crippen molar-refractivity contribution in [1.82, 2.24) is 0 Å². The van der Waals surface area contributed by atoms with Gasteiger partial charge in [0.25, 0.3) is 20.2 Å². The maximum absolute atomic E-state index is 11.0. The zero-order chi connectivity index (χ0) is 30.0. The first-order valence-electron chi connectivity index (χ1n) is 13.3. The molecule has 0 heterocycles. The Morgan fingerprint density at radius 1 is 0.476 bits per heavy atom. The van der Waals surface area contributed by atoms with Gasteiger partial charge in [0.15, 0.2) is 0 Å². The lowest BCUT2D eigenvalue weighted by Gasteiger charge is -2.19. The third-order valence-corrected chi connectivity index (χ3v) is 7.90. The molecule has 8 nitrogen and oxygen atoms in total. The molecule has 4 aromatic carbocycles. The minimum atomic E-state index is -4.03. The minimum absolute atomic E-state index is 0.153. The first kappa shape index (κ1) is 31.0. The molecule has 0 saturated carbocycles. The van der Waals surface area contributed by atoms with Crippen LogP contribution in [-0.2, 0) is 20.2 Å². The predicted octanol–water partition coefficient (Wildman–Crippen LogP) is 6.01. The van der Waals surface area contributed by atoms with Crippen LogP contribution in [0, 0.1) is 0 Å². The zero-order valence-electron chi connectivity index (χ0n) is 22.8. The molecule has 0 radical (unpaired) electrons. The fourth-order valence-corrected chi connectivity index (χ4v) is 5.38.